The molecule has 0 aliphatic carbocycles. The van der Waals surface area contributed by atoms with Gasteiger partial charge in [-0.05, 0) is 36.8 Å². The average molecular weight is 306 g/mol. The van der Waals surface area contributed by atoms with Gasteiger partial charge in [0.2, 0.25) is 0 Å². The number of carbonyl (C=O) groups excluding carboxylic acids is 1. The molecule has 0 aliphatic heterocycles. The third kappa shape index (κ3) is 3.86. The SMILES string of the molecule is CC(=Cc1ccccc1)C(=O)Nc1ccc(Cl)c(Cl)c1. The topological polar surface area (TPSA) is 29.1 Å². The van der Waals surface area contributed by atoms with Crippen molar-refractivity contribution in [1.29, 1.82) is 0 Å². The number of benzene rings is 2. The molecule has 2 rings (SSSR count). The highest BCUT2D eigenvalue weighted by Crippen LogP contribution is 2.25. The Kier molecular flexibility index (Phi) is 4.83. The number of hydrogen-bond acceptors (Lipinski definition) is 1. The highest BCUT2D eigenvalue weighted by Gasteiger charge is 2.06. The van der Waals surface area contributed by atoms with Crippen LogP contribution in [-0.2, 0) is 4.79 Å². The first-order valence-electron chi connectivity index (χ1n) is 6.06. The second-order valence-corrected chi connectivity index (χ2v) is 5.14. The zero-order valence-corrected chi connectivity index (χ0v) is 12.4. The monoisotopic (exact) mass is 305 g/mol. The standard InChI is InChI=1S/C16H13Cl2NO/c1-11(9-12-5-3-2-4-6-12)16(20)19-13-7-8-14(17)15(18)10-13/h2-10H,1H3,(H,19,20). The van der Waals surface area contributed by atoms with Gasteiger partial charge in [-0.3, -0.25) is 4.79 Å². The van der Waals surface area contributed by atoms with Crippen LogP contribution in [0, 0.1) is 0 Å². The molecule has 0 spiro atoms. The van der Waals surface area contributed by atoms with Gasteiger partial charge in [-0.25, -0.2) is 0 Å². The van der Waals surface area contributed by atoms with Crippen LogP contribution in [0.3, 0.4) is 0 Å². The molecule has 1 N–H and O–H groups in total. The summed E-state index contributed by atoms with van der Waals surface area (Å²) in [4.78, 5) is 12.1. The van der Waals surface area contributed by atoms with Gasteiger partial charge in [-0.15, -0.1) is 0 Å². The molecule has 0 fully saturated rings. The van der Waals surface area contributed by atoms with Crippen molar-refractivity contribution in [3.8, 4) is 0 Å². The molecule has 0 aliphatic rings. The molecule has 0 aromatic heterocycles. The molecule has 20 heavy (non-hydrogen) atoms. The van der Waals surface area contributed by atoms with Crippen LogP contribution in [0.15, 0.2) is 54.1 Å². The lowest BCUT2D eigenvalue weighted by atomic mass is 10.1. The van der Waals surface area contributed by atoms with E-state index < -0.39 is 0 Å². The number of amides is 1. The number of nitrogens with one attached hydrogen (secondary N) is 1. The van der Waals surface area contributed by atoms with Crippen molar-refractivity contribution in [3.05, 3.63) is 69.7 Å². The molecule has 0 heterocycles. The lowest BCUT2D eigenvalue weighted by molar-refractivity contribution is -0.112. The summed E-state index contributed by atoms with van der Waals surface area (Å²) in [6, 6.07) is 14.6. The van der Waals surface area contributed by atoms with E-state index in [1.807, 2.05) is 36.4 Å². The van der Waals surface area contributed by atoms with Crippen LogP contribution in [0.1, 0.15) is 12.5 Å². The number of carbonyl (C=O) groups is 1. The van der Waals surface area contributed by atoms with Gasteiger partial charge < -0.3 is 5.32 Å². The Hall–Kier alpha value is -1.77. The fraction of sp³-hybridized carbons (Fsp3) is 0.0625. The van der Waals surface area contributed by atoms with Gasteiger partial charge in [0.1, 0.15) is 0 Å². The smallest absolute Gasteiger partial charge is 0.251 e. The maximum absolute atomic E-state index is 12.1. The molecule has 0 atom stereocenters. The Bertz CT molecular complexity index is 651. The van der Waals surface area contributed by atoms with E-state index in [1.165, 1.54) is 0 Å². The van der Waals surface area contributed by atoms with Crippen molar-refractivity contribution < 1.29 is 4.79 Å². The summed E-state index contributed by atoms with van der Waals surface area (Å²) in [6.45, 7) is 1.76. The van der Waals surface area contributed by atoms with Crippen molar-refractivity contribution in [2.24, 2.45) is 0 Å². The van der Waals surface area contributed by atoms with Gasteiger partial charge in [-0.2, -0.15) is 0 Å². The highest BCUT2D eigenvalue weighted by atomic mass is 35.5. The Balaban J connectivity index is 2.11. The number of rotatable bonds is 3. The minimum Gasteiger partial charge on any atom is -0.322 e. The molecule has 0 saturated carbocycles. The third-order valence-corrected chi connectivity index (χ3v) is 3.46. The minimum atomic E-state index is -0.174. The lowest BCUT2D eigenvalue weighted by Crippen LogP contribution is -2.12. The van der Waals surface area contributed by atoms with Crippen LogP contribution in [0.4, 0.5) is 5.69 Å². The predicted octanol–water partition coefficient (Wildman–Crippen LogP) is 5.04. The molecular formula is C16H13Cl2NO. The molecule has 102 valence electrons. The van der Waals surface area contributed by atoms with Gasteiger partial charge in [0.25, 0.3) is 5.91 Å². The van der Waals surface area contributed by atoms with Gasteiger partial charge in [-0.1, -0.05) is 53.5 Å². The van der Waals surface area contributed by atoms with Crippen molar-refractivity contribution in [1.82, 2.24) is 0 Å². The summed E-state index contributed by atoms with van der Waals surface area (Å²) in [5.41, 5.74) is 2.21. The number of hydrogen-bond donors (Lipinski definition) is 1. The molecule has 2 aromatic carbocycles. The molecule has 2 nitrogen and oxygen atoms in total. The summed E-state index contributed by atoms with van der Waals surface area (Å²) in [6.07, 6.45) is 1.83. The van der Waals surface area contributed by atoms with E-state index in [-0.39, 0.29) is 5.91 Å². The number of halogens is 2. The van der Waals surface area contributed by atoms with E-state index >= 15 is 0 Å². The van der Waals surface area contributed by atoms with E-state index in [0.717, 1.165) is 5.56 Å². The molecule has 0 bridgehead atoms. The second-order valence-electron chi connectivity index (χ2n) is 4.32. The third-order valence-electron chi connectivity index (χ3n) is 2.72. The maximum Gasteiger partial charge on any atom is 0.251 e. The van der Waals surface area contributed by atoms with Crippen LogP contribution in [0.2, 0.25) is 10.0 Å². The summed E-state index contributed by atoms with van der Waals surface area (Å²) >= 11 is 11.7. The molecule has 0 saturated heterocycles. The normalized spacial score (nSPS) is 11.2. The zero-order chi connectivity index (χ0) is 14.5. The lowest BCUT2D eigenvalue weighted by Gasteiger charge is -2.06. The first-order valence-corrected chi connectivity index (χ1v) is 6.81. The summed E-state index contributed by atoms with van der Waals surface area (Å²) in [7, 11) is 0. The summed E-state index contributed by atoms with van der Waals surface area (Å²) in [5, 5.41) is 3.65. The van der Waals surface area contributed by atoms with Gasteiger partial charge in [0.15, 0.2) is 0 Å². The quantitative estimate of drug-likeness (QED) is 0.791. The summed E-state index contributed by atoms with van der Waals surface area (Å²) in [5.74, 6) is -0.174. The molecule has 0 unspecified atom stereocenters. The van der Waals surface area contributed by atoms with Crippen LogP contribution >= 0.6 is 23.2 Å². The van der Waals surface area contributed by atoms with E-state index in [9.17, 15) is 4.79 Å². The Morgan fingerprint density at radius 3 is 2.40 bits per heavy atom. The van der Waals surface area contributed by atoms with Crippen molar-refractivity contribution in [2.45, 2.75) is 6.92 Å². The first kappa shape index (κ1) is 14.6. The van der Waals surface area contributed by atoms with E-state index in [0.29, 0.717) is 21.3 Å². The maximum atomic E-state index is 12.1. The van der Waals surface area contributed by atoms with E-state index in [1.54, 1.807) is 25.1 Å². The highest BCUT2D eigenvalue weighted by molar-refractivity contribution is 6.42. The van der Waals surface area contributed by atoms with Crippen LogP contribution in [0.25, 0.3) is 6.08 Å². The van der Waals surface area contributed by atoms with Crippen molar-refractivity contribution in [2.75, 3.05) is 5.32 Å². The molecule has 4 heteroatoms. The Morgan fingerprint density at radius 2 is 1.75 bits per heavy atom. The Labute approximate surface area is 128 Å². The molecule has 2 aromatic rings. The predicted molar refractivity (Wildman–Crippen MR) is 85.2 cm³/mol. The van der Waals surface area contributed by atoms with Gasteiger partial charge in [0.05, 0.1) is 10.0 Å². The van der Waals surface area contributed by atoms with Crippen LogP contribution in [0.5, 0.6) is 0 Å². The number of anilines is 1. The van der Waals surface area contributed by atoms with Gasteiger partial charge >= 0.3 is 0 Å². The largest absolute Gasteiger partial charge is 0.322 e. The first-order chi connectivity index (χ1) is 9.56. The fourth-order valence-electron chi connectivity index (χ4n) is 1.67. The fourth-order valence-corrected chi connectivity index (χ4v) is 1.97. The summed E-state index contributed by atoms with van der Waals surface area (Å²) < 4.78 is 0. The second kappa shape index (κ2) is 6.60. The van der Waals surface area contributed by atoms with E-state index in [2.05, 4.69) is 5.32 Å². The average Bonchev–Trinajstić information content (AvgIpc) is 2.44. The molecular weight excluding hydrogens is 293 g/mol. The van der Waals surface area contributed by atoms with E-state index in [4.69, 9.17) is 23.2 Å². The van der Waals surface area contributed by atoms with Crippen LogP contribution < -0.4 is 5.32 Å². The van der Waals surface area contributed by atoms with Crippen molar-refractivity contribution in [3.63, 3.8) is 0 Å². The van der Waals surface area contributed by atoms with Gasteiger partial charge in [0, 0.05) is 11.3 Å². The Morgan fingerprint density at radius 1 is 1.05 bits per heavy atom. The van der Waals surface area contributed by atoms with Crippen LogP contribution in [-0.4, -0.2) is 5.91 Å². The molecule has 1 amide bonds. The zero-order valence-electron chi connectivity index (χ0n) is 10.9. The molecule has 0 radical (unpaired) electrons. The minimum absolute atomic E-state index is 0.174. The van der Waals surface area contributed by atoms with Crippen molar-refractivity contribution >= 4 is 40.9 Å².